The van der Waals surface area contributed by atoms with Gasteiger partial charge in [-0.3, -0.25) is 9.59 Å². The maximum absolute atomic E-state index is 12.4. The van der Waals surface area contributed by atoms with Crippen LogP contribution >= 0.6 is 0 Å². The lowest BCUT2D eigenvalue weighted by molar-refractivity contribution is -0.161. The van der Waals surface area contributed by atoms with Gasteiger partial charge in [0.1, 0.15) is 6.61 Å². The van der Waals surface area contributed by atoms with Crippen molar-refractivity contribution in [1.29, 1.82) is 0 Å². The molecule has 0 fully saturated rings. The zero-order valence-corrected chi connectivity index (χ0v) is 56.1. The van der Waals surface area contributed by atoms with Gasteiger partial charge in [0.05, 0.1) is 6.61 Å². The minimum atomic E-state index is -0.769. The Kier molecular flexibility index (Phi) is 72.2. The number of esters is 2. The van der Waals surface area contributed by atoms with Crippen molar-refractivity contribution in [1.82, 2.24) is 0 Å². The minimum absolute atomic E-state index is 0.0578. The highest BCUT2D eigenvalue weighted by molar-refractivity contribution is 5.70. The lowest BCUT2D eigenvalue weighted by atomic mass is 10.0. The first kappa shape index (κ1) is 80.4. The van der Waals surface area contributed by atoms with Gasteiger partial charge in [0, 0.05) is 12.8 Å². The van der Waals surface area contributed by atoms with Gasteiger partial charge in [-0.05, 0) is 64.2 Å². The van der Waals surface area contributed by atoms with Crippen LogP contribution in [-0.2, 0) is 19.1 Å². The molecule has 1 N–H and O–H groups in total. The lowest BCUT2D eigenvalue weighted by Crippen LogP contribution is -2.28. The molecule has 0 bridgehead atoms. The number of unbranched alkanes of at least 4 members (excludes halogenated alkanes) is 60. The first-order valence-corrected chi connectivity index (χ1v) is 37.9. The number of aliphatic hydroxyl groups is 1. The van der Waals surface area contributed by atoms with Crippen LogP contribution in [0.15, 0.2) is 24.3 Å². The second-order valence-corrected chi connectivity index (χ2v) is 26.1. The maximum atomic E-state index is 12.4. The Balaban J connectivity index is 3.35. The molecule has 1 unspecified atom stereocenters. The van der Waals surface area contributed by atoms with Gasteiger partial charge in [0.25, 0.3) is 0 Å². The summed E-state index contributed by atoms with van der Waals surface area (Å²) in [5, 5.41) is 9.71. The normalized spacial score (nSPS) is 12.2. The first-order chi connectivity index (χ1) is 40.6. The molecule has 0 aliphatic rings. The van der Waals surface area contributed by atoms with Crippen LogP contribution < -0.4 is 0 Å². The molecule has 5 nitrogen and oxygen atoms in total. The summed E-state index contributed by atoms with van der Waals surface area (Å²) < 4.78 is 10.8. The zero-order valence-electron chi connectivity index (χ0n) is 56.1. The van der Waals surface area contributed by atoms with E-state index in [4.69, 9.17) is 9.47 Å². The van der Waals surface area contributed by atoms with Gasteiger partial charge in [-0.1, -0.05) is 385 Å². The topological polar surface area (TPSA) is 72.8 Å². The lowest BCUT2D eigenvalue weighted by Gasteiger charge is -2.15. The molecule has 82 heavy (non-hydrogen) atoms. The van der Waals surface area contributed by atoms with Crippen molar-refractivity contribution in [3.8, 4) is 0 Å². The van der Waals surface area contributed by atoms with Gasteiger partial charge in [-0.25, -0.2) is 0 Å². The van der Waals surface area contributed by atoms with Crippen molar-refractivity contribution < 1.29 is 24.2 Å². The molecule has 0 aliphatic heterocycles. The van der Waals surface area contributed by atoms with E-state index in [1.54, 1.807) is 0 Å². The van der Waals surface area contributed by atoms with Crippen LogP contribution in [0.3, 0.4) is 0 Å². The van der Waals surface area contributed by atoms with Gasteiger partial charge in [-0.2, -0.15) is 0 Å². The van der Waals surface area contributed by atoms with Crippen LogP contribution in [0.1, 0.15) is 438 Å². The molecule has 0 radical (unpaired) electrons. The average molecular weight is 1150 g/mol. The third-order valence-electron chi connectivity index (χ3n) is 17.7. The predicted octanol–water partition coefficient (Wildman–Crippen LogP) is 26.3. The molecule has 0 heterocycles. The maximum Gasteiger partial charge on any atom is 0.306 e. The van der Waals surface area contributed by atoms with E-state index in [1.807, 2.05) is 0 Å². The largest absolute Gasteiger partial charge is 0.462 e. The van der Waals surface area contributed by atoms with Gasteiger partial charge in [0.2, 0.25) is 0 Å². The monoisotopic (exact) mass is 1150 g/mol. The Bertz CT molecular complexity index is 1260. The fourth-order valence-electron chi connectivity index (χ4n) is 12.0. The third kappa shape index (κ3) is 70.9. The second-order valence-electron chi connectivity index (χ2n) is 26.1. The number of aliphatic hydroxyl groups excluding tert-OH is 1. The van der Waals surface area contributed by atoms with E-state index in [9.17, 15) is 14.7 Å². The van der Waals surface area contributed by atoms with E-state index in [-0.39, 0.29) is 25.2 Å². The van der Waals surface area contributed by atoms with Crippen LogP contribution in [0, 0.1) is 0 Å². The van der Waals surface area contributed by atoms with Crippen molar-refractivity contribution >= 4 is 11.9 Å². The molecule has 0 amide bonds. The van der Waals surface area contributed by atoms with E-state index in [2.05, 4.69) is 38.2 Å². The molecule has 0 spiro atoms. The Morgan fingerprint density at radius 3 is 0.659 bits per heavy atom. The standard InChI is InChI=1S/C77H148O5/c1-3-5-7-9-11-13-15-17-19-21-23-25-27-29-31-33-34-35-36-37-38-39-40-41-42-44-46-48-50-52-54-56-58-60-62-64-66-68-70-72-77(80)82-75(73-78)74-81-76(79)71-69-67-65-63-61-59-57-55-53-51-49-47-45-43-32-30-28-26-24-22-20-18-16-14-12-10-8-6-4-2/h21-24,75,78H,3-20,25-74H2,1-2H3/b23-21-,24-22-. The van der Waals surface area contributed by atoms with Crippen molar-refractivity contribution in [2.75, 3.05) is 13.2 Å². The van der Waals surface area contributed by atoms with Crippen molar-refractivity contribution in [2.45, 2.75) is 444 Å². The SMILES string of the molecule is CCCCCCCCCC/C=C\CCCCCCCCCCCCCCCCCCCCCCCCCCCCCC(=O)OC(CO)COC(=O)CCCCCCCCCCCCCCCCCCC/C=C\CCCCCCCCCC. The number of allylic oxidation sites excluding steroid dienone is 4. The van der Waals surface area contributed by atoms with Crippen LogP contribution in [-0.4, -0.2) is 36.4 Å². The molecule has 0 rings (SSSR count). The smallest absolute Gasteiger partial charge is 0.306 e. The number of hydrogen-bond donors (Lipinski definition) is 1. The van der Waals surface area contributed by atoms with Gasteiger partial charge in [0.15, 0.2) is 6.10 Å². The summed E-state index contributed by atoms with van der Waals surface area (Å²) in [6, 6.07) is 0. The first-order valence-electron chi connectivity index (χ1n) is 37.9. The van der Waals surface area contributed by atoms with Crippen molar-refractivity contribution in [2.24, 2.45) is 0 Å². The molecule has 0 aromatic heterocycles. The number of hydrogen-bond acceptors (Lipinski definition) is 5. The van der Waals surface area contributed by atoms with E-state index >= 15 is 0 Å². The van der Waals surface area contributed by atoms with Crippen LogP contribution in [0.4, 0.5) is 0 Å². The van der Waals surface area contributed by atoms with Gasteiger partial charge < -0.3 is 14.6 Å². The summed E-state index contributed by atoms with van der Waals surface area (Å²) >= 11 is 0. The average Bonchev–Trinajstić information content (AvgIpc) is 3.49. The molecule has 0 aromatic rings. The molecular weight excluding hydrogens is 1000 g/mol. The fourth-order valence-corrected chi connectivity index (χ4v) is 12.0. The van der Waals surface area contributed by atoms with E-state index in [0.717, 1.165) is 32.1 Å². The number of rotatable bonds is 72. The molecule has 5 heteroatoms. The highest BCUT2D eigenvalue weighted by Gasteiger charge is 2.16. The van der Waals surface area contributed by atoms with Crippen LogP contribution in [0.2, 0.25) is 0 Å². The second kappa shape index (κ2) is 73.6. The summed E-state index contributed by atoms with van der Waals surface area (Å²) in [5.41, 5.74) is 0. The number of carbonyl (C=O) groups excluding carboxylic acids is 2. The summed E-state index contributed by atoms with van der Waals surface area (Å²) in [6.45, 7) is 4.21. The highest BCUT2D eigenvalue weighted by atomic mass is 16.6. The Morgan fingerprint density at radius 2 is 0.451 bits per heavy atom. The fraction of sp³-hybridized carbons (Fsp3) is 0.922. The molecule has 0 aliphatic carbocycles. The molecular formula is C77H148O5. The van der Waals surface area contributed by atoms with Crippen LogP contribution in [0.25, 0.3) is 0 Å². The van der Waals surface area contributed by atoms with Gasteiger partial charge in [-0.15, -0.1) is 0 Å². The number of carbonyl (C=O) groups is 2. The summed E-state index contributed by atoms with van der Waals surface area (Å²) in [7, 11) is 0. The van der Waals surface area contributed by atoms with Crippen molar-refractivity contribution in [3.63, 3.8) is 0 Å². The minimum Gasteiger partial charge on any atom is -0.462 e. The predicted molar refractivity (Wildman–Crippen MR) is 362 cm³/mol. The van der Waals surface area contributed by atoms with E-state index in [0.29, 0.717) is 12.8 Å². The van der Waals surface area contributed by atoms with E-state index in [1.165, 1.54) is 379 Å². The van der Waals surface area contributed by atoms with Crippen molar-refractivity contribution in [3.05, 3.63) is 24.3 Å². The Hall–Kier alpha value is -1.62. The summed E-state index contributed by atoms with van der Waals surface area (Å²) in [4.78, 5) is 24.7. The summed E-state index contributed by atoms with van der Waals surface area (Å²) in [6.07, 6.45) is 96.8. The molecule has 486 valence electrons. The van der Waals surface area contributed by atoms with E-state index < -0.39 is 6.10 Å². The quantitative estimate of drug-likeness (QED) is 0.0373. The zero-order chi connectivity index (χ0) is 59.1. The molecule has 0 aromatic carbocycles. The third-order valence-corrected chi connectivity index (χ3v) is 17.7. The number of ether oxygens (including phenoxy) is 2. The molecule has 0 saturated carbocycles. The Morgan fingerprint density at radius 1 is 0.268 bits per heavy atom. The van der Waals surface area contributed by atoms with Gasteiger partial charge >= 0.3 is 11.9 Å². The summed E-state index contributed by atoms with van der Waals surface area (Å²) in [5.74, 6) is -0.562. The molecule has 1 atom stereocenters. The highest BCUT2D eigenvalue weighted by Crippen LogP contribution is 2.20. The Labute approximate surface area is 514 Å². The van der Waals surface area contributed by atoms with Crippen LogP contribution in [0.5, 0.6) is 0 Å². The molecule has 0 saturated heterocycles.